The third-order valence-corrected chi connectivity index (χ3v) is 4.75. The lowest BCUT2D eigenvalue weighted by molar-refractivity contribution is -0.143. The zero-order valence-corrected chi connectivity index (χ0v) is 18.8. The molecule has 0 aromatic rings. The molecule has 0 fully saturated rings. The van der Waals surface area contributed by atoms with E-state index in [1.807, 2.05) is 0 Å². The van der Waals surface area contributed by atoms with E-state index in [9.17, 15) is 33.9 Å². The highest BCUT2D eigenvalue weighted by Gasteiger charge is 2.31. The molecule has 0 saturated carbocycles. The summed E-state index contributed by atoms with van der Waals surface area (Å²) in [6.45, 7) is 3.28. The van der Waals surface area contributed by atoms with Gasteiger partial charge in [0.2, 0.25) is 23.6 Å². The number of nitrogens with one attached hydrogen (secondary N) is 3. The first kappa shape index (κ1) is 29.1. The third-order valence-electron chi connectivity index (χ3n) is 4.35. The summed E-state index contributed by atoms with van der Waals surface area (Å²) in [6.07, 6.45) is -1.44. The molecule has 0 aromatic carbocycles. The Morgan fingerprint density at radius 2 is 1.38 bits per heavy atom. The van der Waals surface area contributed by atoms with Crippen LogP contribution in [-0.4, -0.2) is 75.7 Å². The van der Waals surface area contributed by atoms with Crippen LogP contribution in [0.25, 0.3) is 0 Å². The zero-order chi connectivity index (χ0) is 25.0. The summed E-state index contributed by atoms with van der Waals surface area (Å²) < 4.78 is 0. The predicted molar refractivity (Wildman–Crippen MR) is 115 cm³/mol. The molecule has 0 radical (unpaired) electrons. The van der Waals surface area contributed by atoms with E-state index < -0.39 is 72.1 Å². The van der Waals surface area contributed by atoms with Crippen molar-refractivity contribution < 1.29 is 39.0 Å². The Kier molecular flexibility index (Phi) is 13.0. The second-order valence-electron chi connectivity index (χ2n) is 7.42. The highest BCUT2D eigenvalue weighted by molar-refractivity contribution is 7.80. The molecule has 0 heterocycles. The number of carboxylic acids is 2. The zero-order valence-electron chi connectivity index (χ0n) is 17.9. The Hall–Kier alpha value is -2.87. The van der Waals surface area contributed by atoms with Gasteiger partial charge in [0.25, 0.3) is 0 Å². The first-order valence-corrected chi connectivity index (χ1v) is 10.4. The van der Waals surface area contributed by atoms with Crippen molar-refractivity contribution in [1.82, 2.24) is 16.0 Å². The van der Waals surface area contributed by atoms with E-state index in [0.29, 0.717) is 0 Å². The average molecular weight is 478 g/mol. The molecule has 0 rings (SSSR count). The predicted octanol–water partition coefficient (Wildman–Crippen LogP) is -2.43. The molecule has 9 N–H and O–H groups in total. The van der Waals surface area contributed by atoms with Crippen molar-refractivity contribution in [3.05, 3.63) is 0 Å². The molecule has 0 saturated heterocycles. The number of hydrogen-bond acceptors (Lipinski definition) is 8. The fourth-order valence-electron chi connectivity index (χ4n) is 2.49. The van der Waals surface area contributed by atoms with Crippen LogP contribution in [0.5, 0.6) is 0 Å². The quantitative estimate of drug-likeness (QED) is 0.117. The lowest BCUT2D eigenvalue weighted by Crippen LogP contribution is -2.58. The summed E-state index contributed by atoms with van der Waals surface area (Å²) >= 11 is 3.92. The molecule has 0 bridgehead atoms. The van der Waals surface area contributed by atoms with Crippen LogP contribution in [0, 0.1) is 5.92 Å². The van der Waals surface area contributed by atoms with E-state index in [4.69, 9.17) is 16.6 Å². The van der Waals surface area contributed by atoms with E-state index in [1.165, 1.54) is 0 Å². The van der Waals surface area contributed by atoms with Crippen LogP contribution in [0.4, 0.5) is 0 Å². The lowest BCUT2D eigenvalue weighted by Gasteiger charge is -2.26. The van der Waals surface area contributed by atoms with Crippen LogP contribution in [-0.2, 0) is 28.8 Å². The first-order chi connectivity index (χ1) is 14.8. The van der Waals surface area contributed by atoms with Crippen molar-refractivity contribution in [2.45, 2.75) is 63.7 Å². The maximum atomic E-state index is 12.7. The molecule has 4 atom stereocenters. The van der Waals surface area contributed by atoms with Gasteiger partial charge in [0.05, 0.1) is 6.04 Å². The third kappa shape index (κ3) is 10.9. The molecule has 0 aliphatic rings. The summed E-state index contributed by atoms with van der Waals surface area (Å²) in [4.78, 5) is 70.6. The monoisotopic (exact) mass is 477 g/mol. The molecule has 4 amide bonds. The van der Waals surface area contributed by atoms with Crippen LogP contribution < -0.4 is 27.4 Å². The minimum atomic E-state index is -1.53. The van der Waals surface area contributed by atoms with Gasteiger partial charge in [-0.1, -0.05) is 13.8 Å². The molecule has 0 aromatic heterocycles. The summed E-state index contributed by atoms with van der Waals surface area (Å²) in [5.74, 6) is -6.19. The minimum Gasteiger partial charge on any atom is -0.481 e. The number of thiol groups is 1. The normalized spacial score (nSPS) is 14.5. The van der Waals surface area contributed by atoms with E-state index in [0.717, 1.165) is 0 Å². The molecular formula is C18H31N5O8S. The van der Waals surface area contributed by atoms with E-state index in [2.05, 4.69) is 28.6 Å². The molecule has 0 aliphatic carbocycles. The second kappa shape index (κ2) is 14.2. The summed E-state index contributed by atoms with van der Waals surface area (Å²) in [5, 5.41) is 24.9. The smallest absolute Gasteiger partial charge is 0.326 e. The maximum Gasteiger partial charge on any atom is 0.326 e. The minimum absolute atomic E-state index is 0.0365. The number of rotatable bonds is 15. The van der Waals surface area contributed by atoms with Gasteiger partial charge >= 0.3 is 11.9 Å². The Morgan fingerprint density at radius 3 is 1.81 bits per heavy atom. The van der Waals surface area contributed by atoms with Gasteiger partial charge in [0.15, 0.2) is 0 Å². The van der Waals surface area contributed by atoms with Crippen molar-refractivity contribution in [1.29, 1.82) is 0 Å². The van der Waals surface area contributed by atoms with Gasteiger partial charge < -0.3 is 37.6 Å². The molecule has 0 aliphatic heterocycles. The average Bonchev–Trinajstić information content (AvgIpc) is 2.70. The summed E-state index contributed by atoms with van der Waals surface area (Å²) in [5.41, 5.74) is 10.7. The van der Waals surface area contributed by atoms with Gasteiger partial charge in [-0.05, 0) is 18.8 Å². The van der Waals surface area contributed by atoms with Crippen LogP contribution >= 0.6 is 12.6 Å². The molecular weight excluding hydrogens is 446 g/mol. The standard InChI is InChI=1S/C18H31N5O8S/c1-8(2)14(23-15(27)9(19)7-32)17(29)21-10(3-5-12(20)24)16(28)22-11(18(30)31)4-6-13(25)26/h8-11,14,32H,3-7,19H2,1-2H3,(H2,20,24)(H,21,29)(H,22,28)(H,23,27)(H,25,26)(H,30,31). The van der Waals surface area contributed by atoms with Crippen molar-refractivity contribution in [2.75, 3.05) is 5.75 Å². The number of carboxylic acid groups (broad SMARTS) is 2. The first-order valence-electron chi connectivity index (χ1n) is 9.80. The summed E-state index contributed by atoms with van der Waals surface area (Å²) in [6, 6.07) is -4.94. The molecule has 182 valence electrons. The maximum absolute atomic E-state index is 12.7. The molecule has 0 spiro atoms. The van der Waals surface area contributed by atoms with Gasteiger partial charge in [-0.2, -0.15) is 12.6 Å². The number of amides is 4. The van der Waals surface area contributed by atoms with Crippen LogP contribution in [0.15, 0.2) is 0 Å². The molecule has 14 heteroatoms. The SMILES string of the molecule is CC(C)C(NC(=O)C(N)CS)C(=O)NC(CCC(N)=O)C(=O)NC(CCC(=O)O)C(=O)O. The van der Waals surface area contributed by atoms with Crippen molar-refractivity contribution in [3.8, 4) is 0 Å². The van der Waals surface area contributed by atoms with Crippen molar-refractivity contribution >= 4 is 48.2 Å². The fourth-order valence-corrected chi connectivity index (χ4v) is 2.66. The lowest BCUT2D eigenvalue weighted by atomic mass is 10.0. The number of nitrogens with two attached hydrogens (primary N) is 2. The Bertz CT molecular complexity index is 717. The number of carbonyl (C=O) groups excluding carboxylic acids is 4. The topological polar surface area (TPSA) is 231 Å². The Morgan fingerprint density at radius 1 is 0.844 bits per heavy atom. The van der Waals surface area contributed by atoms with Crippen LogP contribution in [0.1, 0.15) is 39.5 Å². The van der Waals surface area contributed by atoms with Crippen LogP contribution in [0.2, 0.25) is 0 Å². The van der Waals surface area contributed by atoms with Gasteiger partial charge in [0, 0.05) is 18.6 Å². The molecule has 4 unspecified atom stereocenters. The van der Waals surface area contributed by atoms with Crippen molar-refractivity contribution in [3.63, 3.8) is 0 Å². The second-order valence-corrected chi connectivity index (χ2v) is 7.78. The Balaban J connectivity index is 5.48. The number of hydrogen-bond donors (Lipinski definition) is 8. The van der Waals surface area contributed by atoms with E-state index in [-0.39, 0.29) is 25.0 Å². The molecule has 13 nitrogen and oxygen atoms in total. The number of carbonyl (C=O) groups is 6. The number of aliphatic carboxylic acids is 2. The van der Waals surface area contributed by atoms with E-state index in [1.54, 1.807) is 13.8 Å². The largest absolute Gasteiger partial charge is 0.481 e. The summed E-state index contributed by atoms with van der Waals surface area (Å²) in [7, 11) is 0. The molecule has 32 heavy (non-hydrogen) atoms. The van der Waals surface area contributed by atoms with Gasteiger partial charge in [-0.15, -0.1) is 0 Å². The highest BCUT2D eigenvalue weighted by atomic mass is 32.1. The van der Waals surface area contributed by atoms with Crippen LogP contribution in [0.3, 0.4) is 0 Å². The Labute approximate surface area is 190 Å². The van der Waals surface area contributed by atoms with Gasteiger partial charge in [-0.3, -0.25) is 24.0 Å². The van der Waals surface area contributed by atoms with Gasteiger partial charge in [0.1, 0.15) is 18.1 Å². The van der Waals surface area contributed by atoms with Gasteiger partial charge in [-0.25, -0.2) is 4.79 Å². The number of primary amides is 1. The van der Waals surface area contributed by atoms with E-state index >= 15 is 0 Å². The van der Waals surface area contributed by atoms with Crippen molar-refractivity contribution in [2.24, 2.45) is 17.4 Å². The fraction of sp³-hybridized carbons (Fsp3) is 0.667. The highest BCUT2D eigenvalue weighted by Crippen LogP contribution is 2.07.